The lowest BCUT2D eigenvalue weighted by atomic mass is 10.1. The van der Waals surface area contributed by atoms with Crippen molar-refractivity contribution in [2.45, 2.75) is 18.9 Å². The zero-order valence-corrected chi connectivity index (χ0v) is 12.1. The van der Waals surface area contributed by atoms with E-state index in [-0.39, 0.29) is 36.3 Å². The van der Waals surface area contributed by atoms with Gasteiger partial charge in [0, 0.05) is 18.2 Å². The first-order valence-electron chi connectivity index (χ1n) is 6.19. The number of carbonyl (C=O) groups excluding carboxylic acids is 1. The highest BCUT2D eigenvalue weighted by Gasteiger charge is 2.38. The summed E-state index contributed by atoms with van der Waals surface area (Å²) < 4.78 is 23.2. The number of hydrogen-bond donors (Lipinski definition) is 1. The van der Waals surface area contributed by atoms with Crippen LogP contribution in [0.4, 0.5) is 0 Å². The molecular formula is C11H17NO5S2. The standard InChI is InChI=1S/C11H17NO5S2/c13-10(14)5-9-7-19(16,17)4-2-12(9)11(15)8-1-3-18-6-8/h8-9H,1-7H2,(H,13,14). The molecule has 2 aliphatic heterocycles. The third kappa shape index (κ3) is 3.62. The molecule has 1 amide bonds. The molecule has 108 valence electrons. The van der Waals surface area contributed by atoms with Crippen molar-refractivity contribution in [3.05, 3.63) is 0 Å². The fourth-order valence-corrected chi connectivity index (χ4v) is 5.25. The Morgan fingerprint density at radius 1 is 1.37 bits per heavy atom. The van der Waals surface area contributed by atoms with E-state index in [4.69, 9.17) is 5.11 Å². The monoisotopic (exact) mass is 307 g/mol. The summed E-state index contributed by atoms with van der Waals surface area (Å²) in [5.41, 5.74) is 0. The average Bonchev–Trinajstić information content (AvgIpc) is 2.79. The minimum atomic E-state index is -3.23. The summed E-state index contributed by atoms with van der Waals surface area (Å²) in [6, 6.07) is -0.714. The largest absolute Gasteiger partial charge is 0.481 e. The van der Waals surface area contributed by atoms with E-state index in [9.17, 15) is 18.0 Å². The van der Waals surface area contributed by atoms with Crippen molar-refractivity contribution in [3.63, 3.8) is 0 Å². The highest BCUT2D eigenvalue weighted by molar-refractivity contribution is 7.99. The van der Waals surface area contributed by atoms with Crippen LogP contribution >= 0.6 is 11.8 Å². The van der Waals surface area contributed by atoms with Gasteiger partial charge in [0.15, 0.2) is 9.84 Å². The minimum Gasteiger partial charge on any atom is -0.481 e. The van der Waals surface area contributed by atoms with E-state index < -0.39 is 21.8 Å². The Kier molecular flexibility index (Phi) is 4.39. The second-order valence-corrected chi connectivity index (χ2v) is 8.34. The van der Waals surface area contributed by atoms with Crippen molar-refractivity contribution in [1.82, 2.24) is 4.90 Å². The van der Waals surface area contributed by atoms with Gasteiger partial charge in [-0.05, 0) is 12.2 Å². The molecule has 2 unspecified atom stereocenters. The number of nitrogens with zero attached hydrogens (tertiary/aromatic N) is 1. The SMILES string of the molecule is O=C(O)CC1CS(=O)(=O)CCN1C(=O)C1CCSC1. The van der Waals surface area contributed by atoms with Crippen molar-refractivity contribution < 1.29 is 23.1 Å². The number of carboxylic acid groups (broad SMARTS) is 1. The normalized spacial score (nSPS) is 30.2. The third-order valence-electron chi connectivity index (χ3n) is 3.50. The van der Waals surface area contributed by atoms with Crippen molar-refractivity contribution in [2.24, 2.45) is 5.92 Å². The first kappa shape index (κ1) is 14.6. The van der Waals surface area contributed by atoms with Crippen molar-refractivity contribution in [3.8, 4) is 0 Å². The quantitative estimate of drug-likeness (QED) is 0.779. The number of sulfone groups is 1. The van der Waals surface area contributed by atoms with E-state index in [0.717, 1.165) is 17.9 Å². The lowest BCUT2D eigenvalue weighted by Gasteiger charge is -2.36. The number of carbonyl (C=O) groups is 2. The predicted octanol–water partition coefficient (Wildman–Crippen LogP) is -0.160. The van der Waals surface area contributed by atoms with E-state index in [1.807, 2.05) is 0 Å². The molecule has 2 atom stereocenters. The summed E-state index contributed by atoms with van der Waals surface area (Å²) in [6.07, 6.45) is 0.497. The first-order valence-corrected chi connectivity index (χ1v) is 9.17. The molecule has 0 aromatic rings. The number of amides is 1. The van der Waals surface area contributed by atoms with Gasteiger partial charge in [0.1, 0.15) is 0 Å². The van der Waals surface area contributed by atoms with Crippen LogP contribution < -0.4 is 0 Å². The number of thioether (sulfide) groups is 1. The highest BCUT2D eigenvalue weighted by Crippen LogP contribution is 2.27. The summed E-state index contributed by atoms with van der Waals surface area (Å²) in [4.78, 5) is 24.6. The van der Waals surface area contributed by atoms with E-state index in [1.54, 1.807) is 11.8 Å². The van der Waals surface area contributed by atoms with Gasteiger partial charge >= 0.3 is 5.97 Å². The molecule has 0 saturated carbocycles. The Morgan fingerprint density at radius 3 is 2.68 bits per heavy atom. The molecule has 0 aromatic carbocycles. The average molecular weight is 307 g/mol. The molecule has 2 rings (SSSR count). The van der Waals surface area contributed by atoms with Gasteiger partial charge in [-0.25, -0.2) is 8.42 Å². The van der Waals surface area contributed by atoms with Crippen LogP contribution in [0.15, 0.2) is 0 Å². The van der Waals surface area contributed by atoms with Crippen molar-refractivity contribution in [1.29, 1.82) is 0 Å². The summed E-state index contributed by atoms with van der Waals surface area (Å²) in [6.45, 7) is 0.125. The Morgan fingerprint density at radius 2 is 2.11 bits per heavy atom. The number of aliphatic carboxylic acids is 1. The predicted molar refractivity (Wildman–Crippen MR) is 71.8 cm³/mol. The molecule has 2 saturated heterocycles. The number of hydrogen-bond acceptors (Lipinski definition) is 5. The van der Waals surface area contributed by atoms with E-state index in [0.29, 0.717) is 0 Å². The van der Waals surface area contributed by atoms with Gasteiger partial charge in [-0.15, -0.1) is 0 Å². The molecule has 0 bridgehead atoms. The minimum absolute atomic E-state index is 0.0608. The van der Waals surface area contributed by atoms with Crippen LogP contribution in [0.3, 0.4) is 0 Å². The smallest absolute Gasteiger partial charge is 0.305 e. The maximum Gasteiger partial charge on any atom is 0.305 e. The molecule has 6 nitrogen and oxygen atoms in total. The van der Waals surface area contributed by atoms with E-state index >= 15 is 0 Å². The molecule has 2 fully saturated rings. The van der Waals surface area contributed by atoms with Crippen molar-refractivity contribution in [2.75, 3.05) is 29.6 Å². The van der Waals surface area contributed by atoms with Crippen LogP contribution in [0.2, 0.25) is 0 Å². The molecule has 1 N–H and O–H groups in total. The van der Waals surface area contributed by atoms with Gasteiger partial charge in [0.05, 0.1) is 24.0 Å². The zero-order chi connectivity index (χ0) is 14.0. The maximum absolute atomic E-state index is 12.3. The second-order valence-electron chi connectivity index (χ2n) is 4.96. The van der Waals surface area contributed by atoms with Crippen LogP contribution in [0.5, 0.6) is 0 Å². The Hall–Kier alpha value is -0.760. The van der Waals surface area contributed by atoms with E-state index in [2.05, 4.69) is 0 Å². The lowest BCUT2D eigenvalue weighted by molar-refractivity contribution is -0.141. The van der Waals surface area contributed by atoms with Gasteiger partial charge in [0.2, 0.25) is 5.91 Å². The van der Waals surface area contributed by atoms with Crippen LogP contribution in [-0.2, 0) is 19.4 Å². The van der Waals surface area contributed by atoms with Gasteiger partial charge in [-0.2, -0.15) is 11.8 Å². The Labute approximate surface area is 116 Å². The van der Waals surface area contributed by atoms with Crippen LogP contribution in [0.25, 0.3) is 0 Å². The molecule has 2 heterocycles. The molecular weight excluding hydrogens is 290 g/mol. The fourth-order valence-electron chi connectivity index (χ4n) is 2.51. The van der Waals surface area contributed by atoms with Gasteiger partial charge < -0.3 is 10.0 Å². The number of rotatable bonds is 3. The Balaban J connectivity index is 2.11. The molecule has 0 aromatic heterocycles. The lowest BCUT2D eigenvalue weighted by Crippen LogP contribution is -2.53. The van der Waals surface area contributed by atoms with Gasteiger partial charge in [-0.3, -0.25) is 9.59 Å². The van der Waals surface area contributed by atoms with Crippen LogP contribution in [-0.4, -0.2) is 65.9 Å². The van der Waals surface area contributed by atoms with Crippen LogP contribution in [0, 0.1) is 5.92 Å². The Bertz CT molecular complexity index is 469. The summed E-state index contributed by atoms with van der Waals surface area (Å²) in [5.74, 6) is 0.169. The first-order chi connectivity index (χ1) is 8.89. The second kappa shape index (κ2) is 5.70. The van der Waals surface area contributed by atoms with Gasteiger partial charge in [0.25, 0.3) is 0 Å². The molecule has 0 spiro atoms. The topological polar surface area (TPSA) is 91.8 Å². The molecule has 2 aliphatic rings. The van der Waals surface area contributed by atoms with Gasteiger partial charge in [-0.1, -0.05) is 0 Å². The van der Waals surface area contributed by atoms with Crippen molar-refractivity contribution >= 4 is 33.5 Å². The van der Waals surface area contributed by atoms with E-state index in [1.165, 1.54) is 4.90 Å². The third-order valence-corrected chi connectivity index (χ3v) is 6.36. The molecule has 19 heavy (non-hydrogen) atoms. The zero-order valence-electron chi connectivity index (χ0n) is 10.4. The summed E-state index contributed by atoms with van der Waals surface area (Å²) in [7, 11) is -3.23. The molecule has 0 radical (unpaired) electrons. The van der Waals surface area contributed by atoms with Crippen LogP contribution in [0.1, 0.15) is 12.8 Å². The summed E-state index contributed by atoms with van der Waals surface area (Å²) >= 11 is 1.71. The molecule has 0 aliphatic carbocycles. The highest BCUT2D eigenvalue weighted by atomic mass is 32.2. The summed E-state index contributed by atoms with van der Waals surface area (Å²) in [5, 5.41) is 8.86. The maximum atomic E-state index is 12.3. The number of carboxylic acids is 1. The fraction of sp³-hybridized carbons (Fsp3) is 0.818. The molecule has 8 heteroatoms.